The maximum atomic E-state index is 11.9. The van der Waals surface area contributed by atoms with Gasteiger partial charge in [-0.25, -0.2) is 8.78 Å². The monoisotopic (exact) mass is 141 g/mol. The zero-order chi connectivity index (χ0) is 7.07. The number of hydrogen-bond acceptors (Lipinski definition) is 0. The molecule has 1 aliphatic rings. The Morgan fingerprint density at radius 1 is 1.44 bits per heavy atom. The molecule has 0 amide bonds. The van der Waals surface area contributed by atoms with Gasteiger partial charge in [0.05, 0.1) is 0 Å². The molecule has 1 saturated carbocycles. The Labute approximate surface area is 49.9 Å². The van der Waals surface area contributed by atoms with E-state index in [9.17, 15) is 17.6 Å². The van der Waals surface area contributed by atoms with Crippen LogP contribution in [0.15, 0.2) is 0 Å². The minimum Gasteiger partial charge on any atom is -0.241 e. The normalized spacial score (nSPS) is 35.3. The maximum absolute atomic E-state index is 11.9. The molecule has 1 unspecified atom stereocenters. The van der Waals surface area contributed by atoms with Crippen LogP contribution in [0.2, 0.25) is 0 Å². The number of halogens is 4. The number of hydrogen-bond donors (Lipinski definition) is 0. The van der Waals surface area contributed by atoms with E-state index in [0.717, 1.165) is 0 Å². The summed E-state index contributed by atoms with van der Waals surface area (Å²) in [5, 5.41) is 0. The fourth-order valence-electron chi connectivity index (χ4n) is 0.771. The van der Waals surface area contributed by atoms with Crippen molar-refractivity contribution in [2.24, 2.45) is 0 Å². The summed E-state index contributed by atoms with van der Waals surface area (Å²) in [5.74, 6) is -3.81. The Balaban J connectivity index is 2.66. The summed E-state index contributed by atoms with van der Waals surface area (Å²) in [6.07, 6.45) is -4.65. The molecule has 0 aliphatic heterocycles. The summed E-state index contributed by atoms with van der Waals surface area (Å²) >= 11 is 0. The lowest BCUT2D eigenvalue weighted by Crippen LogP contribution is -2.26. The highest BCUT2D eigenvalue weighted by Crippen LogP contribution is 2.44. The van der Waals surface area contributed by atoms with Crippen molar-refractivity contribution in [3.63, 3.8) is 0 Å². The van der Waals surface area contributed by atoms with Gasteiger partial charge in [-0.15, -0.1) is 0 Å². The first-order valence-electron chi connectivity index (χ1n) is 2.59. The second-order valence-electron chi connectivity index (χ2n) is 2.03. The maximum Gasteiger partial charge on any atom is 0.315 e. The smallest absolute Gasteiger partial charge is 0.241 e. The van der Waals surface area contributed by atoms with Gasteiger partial charge in [-0.3, -0.25) is 0 Å². The molecule has 0 bridgehead atoms. The third-order valence-corrected chi connectivity index (χ3v) is 1.37. The molecule has 9 heavy (non-hydrogen) atoms. The van der Waals surface area contributed by atoms with Gasteiger partial charge < -0.3 is 0 Å². The minimum atomic E-state index is -3.81. The van der Waals surface area contributed by atoms with Crippen molar-refractivity contribution in [3.8, 4) is 0 Å². The molecule has 0 spiro atoms. The van der Waals surface area contributed by atoms with Gasteiger partial charge in [-0.2, -0.15) is 8.78 Å². The second kappa shape index (κ2) is 1.85. The van der Waals surface area contributed by atoms with Gasteiger partial charge in [0.25, 0.3) is 0 Å². The highest BCUT2D eigenvalue weighted by molar-refractivity contribution is 5.05. The third kappa shape index (κ3) is 0.904. The first-order chi connectivity index (χ1) is 4.05. The average Bonchev–Trinajstić information content (AvgIpc) is 1.96. The molecule has 53 valence electrons. The number of alkyl halides is 3. The van der Waals surface area contributed by atoms with Crippen LogP contribution in [0.3, 0.4) is 0 Å². The van der Waals surface area contributed by atoms with Gasteiger partial charge >= 0.3 is 5.92 Å². The van der Waals surface area contributed by atoms with Gasteiger partial charge in [-0.05, 0) is 12.8 Å². The highest BCUT2D eigenvalue weighted by Gasteiger charge is 2.54. The fraction of sp³-hybridized carbons (Fsp3) is 0.800. The van der Waals surface area contributed by atoms with Gasteiger partial charge in [-0.1, -0.05) is 0 Å². The van der Waals surface area contributed by atoms with Crippen molar-refractivity contribution < 1.29 is 17.6 Å². The van der Waals surface area contributed by atoms with Crippen LogP contribution < -0.4 is 0 Å². The summed E-state index contributed by atoms with van der Waals surface area (Å²) in [7, 11) is 0. The van der Waals surface area contributed by atoms with Crippen LogP contribution in [0.25, 0.3) is 0 Å². The molecule has 1 radical (unpaired) electrons. The van der Waals surface area contributed by atoms with Crippen LogP contribution in [0.1, 0.15) is 12.8 Å². The largest absolute Gasteiger partial charge is 0.315 e. The lowest BCUT2D eigenvalue weighted by Gasteiger charge is -2.11. The van der Waals surface area contributed by atoms with E-state index in [0.29, 0.717) is 0 Å². The Kier molecular flexibility index (Phi) is 1.41. The summed E-state index contributed by atoms with van der Waals surface area (Å²) in [6.45, 7) is 0. The predicted octanol–water partition coefficient (Wildman–Crippen LogP) is 2.26. The molecule has 1 rings (SSSR count). The van der Waals surface area contributed by atoms with Gasteiger partial charge in [0.15, 0.2) is 6.17 Å². The summed E-state index contributed by atoms with van der Waals surface area (Å²) in [6, 6.07) is 0. The van der Waals surface area contributed by atoms with Crippen LogP contribution in [0, 0.1) is 6.17 Å². The van der Waals surface area contributed by atoms with Gasteiger partial charge in [0.1, 0.15) is 0 Å². The van der Waals surface area contributed by atoms with Crippen LogP contribution in [-0.2, 0) is 0 Å². The topological polar surface area (TPSA) is 0 Å². The Hall–Kier alpha value is -0.280. The van der Waals surface area contributed by atoms with Crippen LogP contribution in [0.5, 0.6) is 0 Å². The molecule has 1 atom stereocenters. The van der Waals surface area contributed by atoms with E-state index in [1.807, 2.05) is 0 Å². The van der Waals surface area contributed by atoms with Crippen LogP contribution >= 0.6 is 0 Å². The summed E-state index contributed by atoms with van der Waals surface area (Å²) < 4.78 is 47.7. The molecule has 0 saturated heterocycles. The van der Waals surface area contributed by atoms with Gasteiger partial charge in [0.2, 0.25) is 6.17 Å². The predicted molar refractivity (Wildman–Crippen MR) is 23.4 cm³/mol. The molecule has 0 aromatic heterocycles. The first-order valence-corrected chi connectivity index (χ1v) is 2.59. The third-order valence-electron chi connectivity index (χ3n) is 1.37. The Bertz CT molecular complexity index is 99.5. The van der Waals surface area contributed by atoms with Crippen LogP contribution in [-0.4, -0.2) is 12.1 Å². The summed E-state index contributed by atoms with van der Waals surface area (Å²) in [4.78, 5) is 0. The number of rotatable bonds is 0. The molecule has 4 heteroatoms. The van der Waals surface area contributed by atoms with E-state index in [4.69, 9.17) is 0 Å². The van der Waals surface area contributed by atoms with Crippen molar-refractivity contribution >= 4 is 0 Å². The Morgan fingerprint density at radius 3 is 2.11 bits per heavy atom. The molecular formula is C5H5F4. The standard InChI is InChI=1S/C5H5F4/c6-3-1-2-4(7)5(3,8)9/h3H,1-2H2. The molecule has 0 nitrogen and oxygen atoms in total. The minimum absolute atomic E-state index is 0.390. The molecule has 1 fully saturated rings. The molecular weight excluding hydrogens is 136 g/mol. The molecule has 0 aromatic rings. The van der Waals surface area contributed by atoms with Crippen molar-refractivity contribution in [3.05, 3.63) is 6.17 Å². The van der Waals surface area contributed by atoms with E-state index >= 15 is 0 Å². The first kappa shape index (κ1) is 6.83. The van der Waals surface area contributed by atoms with Crippen molar-refractivity contribution in [1.29, 1.82) is 0 Å². The quantitative estimate of drug-likeness (QED) is 0.454. The molecule has 0 heterocycles. The lowest BCUT2D eigenvalue weighted by molar-refractivity contribution is -0.0567. The van der Waals surface area contributed by atoms with E-state index in [-0.39, 0.29) is 0 Å². The summed E-state index contributed by atoms with van der Waals surface area (Å²) in [5.41, 5.74) is 0. The van der Waals surface area contributed by atoms with Crippen LogP contribution in [0.4, 0.5) is 17.6 Å². The van der Waals surface area contributed by atoms with Gasteiger partial charge in [0, 0.05) is 0 Å². The van der Waals surface area contributed by atoms with E-state index < -0.39 is 31.1 Å². The second-order valence-corrected chi connectivity index (χ2v) is 2.03. The van der Waals surface area contributed by atoms with E-state index in [2.05, 4.69) is 0 Å². The Morgan fingerprint density at radius 2 is 2.00 bits per heavy atom. The SMILES string of the molecule is F[C]1CCC(F)C1(F)F. The molecule has 1 aliphatic carbocycles. The van der Waals surface area contributed by atoms with E-state index in [1.165, 1.54) is 0 Å². The van der Waals surface area contributed by atoms with Crippen molar-refractivity contribution in [1.82, 2.24) is 0 Å². The zero-order valence-corrected chi connectivity index (χ0v) is 4.50. The lowest BCUT2D eigenvalue weighted by atomic mass is 10.2. The van der Waals surface area contributed by atoms with E-state index in [1.54, 1.807) is 0 Å². The zero-order valence-electron chi connectivity index (χ0n) is 4.50. The highest BCUT2D eigenvalue weighted by atomic mass is 19.3. The molecule has 0 aromatic carbocycles. The molecule has 0 N–H and O–H groups in total. The van der Waals surface area contributed by atoms with Crippen molar-refractivity contribution in [2.45, 2.75) is 24.9 Å². The van der Waals surface area contributed by atoms with Crippen molar-refractivity contribution in [2.75, 3.05) is 0 Å². The fourth-order valence-corrected chi connectivity index (χ4v) is 0.771. The average molecular weight is 141 g/mol.